The Kier molecular flexibility index (Phi) is 7.62. The molecule has 0 amide bonds. The predicted octanol–water partition coefficient (Wildman–Crippen LogP) is 10.2. The molecule has 0 nitrogen and oxygen atoms in total. The number of rotatable bonds is 1. The number of halogens is 9. The van der Waals surface area contributed by atoms with Crippen LogP contribution in [0.2, 0.25) is 0 Å². The second-order valence-corrected chi connectivity index (χ2v) is 11.0. The van der Waals surface area contributed by atoms with E-state index in [0.717, 1.165) is 51.4 Å². The van der Waals surface area contributed by atoms with E-state index in [-0.39, 0.29) is 0 Å². The SMILES string of the molecule is Brc1cc(-c2c(Br)c(Br)c(Br)c(Br)c2Br)c(Br)c(Br)c1Br. The van der Waals surface area contributed by atoms with Gasteiger partial charge < -0.3 is 0 Å². The third-order valence-corrected chi connectivity index (χ3v) is 13.3. The average molecular weight is 864 g/mol. The molecular weight excluding hydrogens is 863 g/mol. The number of hydrogen-bond acceptors (Lipinski definition) is 0. The minimum atomic E-state index is 0.939. The highest BCUT2D eigenvalue weighted by molar-refractivity contribution is 9.16. The summed E-state index contributed by atoms with van der Waals surface area (Å²) in [5, 5.41) is 0. The Hall–Kier alpha value is 2.76. The van der Waals surface area contributed by atoms with Crippen LogP contribution in [0.3, 0.4) is 0 Å². The van der Waals surface area contributed by atoms with E-state index in [1.54, 1.807) is 0 Å². The van der Waals surface area contributed by atoms with Crippen LogP contribution >= 0.6 is 143 Å². The topological polar surface area (TPSA) is 0 Å². The van der Waals surface area contributed by atoms with Crippen molar-refractivity contribution in [3.8, 4) is 11.1 Å². The van der Waals surface area contributed by atoms with Crippen LogP contribution in [0.25, 0.3) is 11.1 Å². The maximum absolute atomic E-state index is 3.66. The lowest BCUT2D eigenvalue weighted by molar-refractivity contribution is 1.41. The van der Waals surface area contributed by atoms with Crippen molar-refractivity contribution < 1.29 is 0 Å². The van der Waals surface area contributed by atoms with Crippen LogP contribution in [0, 0.1) is 0 Å². The zero-order valence-electron chi connectivity index (χ0n) is 9.48. The van der Waals surface area contributed by atoms with E-state index >= 15 is 0 Å². The van der Waals surface area contributed by atoms with Crippen LogP contribution in [0.4, 0.5) is 0 Å². The molecule has 0 aliphatic rings. The highest BCUT2D eigenvalue weighted by Crippen LogP contribution is 2.52. The molecule has 0 aliphatic carbocycles. The molecule has 0 fully saturated rings. The Morgan fingerprint density at radius 2 is 0.810 bits per heavy atom. The predicted molar refractivity (Wildman–Crippen MR) is 121 cm³/mol. The largest absolute Gasteiger partial charge is 0.0495 e. The summed E-state index contributed by atoms with van der Waals surface area (Å²) in [5.74, 6) is 0. The van der Waals surface area contributed by atoms with Crippen molar-refractivity contribution in [3.05, 3.63) is 46.3 Å². The van der Waals surface area contributed by atoms with Gasteiger partial charge in [-0.2, -0.15) is 0 Å². The van der Waals surface area contributed by atoms with E-state index in [1.165, 1.54) is 0 Å². The fourth-order valence-corrected chi connectivity index (χ4v) is 7.28. The average Bonchev–Trinajstić information content (AvgIpc) is 2.46. The van der Waals surface area contributed by atoms with Crippen LogP contribution in [0.5, 0.6) is 0 Å². The van der Waals surface area contributed by atoms with Crippen molar-refractivity contribution in [1.82, 2.24) is 0 Å². The first kappa shape index (κ1) is 20.1. The Labute approximate surface area is 197 Å². The normalized spacial score (nSPS) is 11.1. The summed E-state index contributed by atoms with van der Waals surface area (Å²) in [7, 11) is 0. The van der Waals surface area contributed by atoms with Crippen LogP contribution in [-0.4, -0.2) is 0 Å². The monoisotopic (exact) mass is 855 g/mol. The lowest BCUT2D eigenvalue weighted by atomic mass is 10.1. The maximum atomic E-state index is 3.66. The standard InChI is InChI=1S/C12HBr9/c13-3-1-2(5(14)9(18)6(3)15)4-7(16)10(19)12(21)11(20)8(4)17/h1H. The Morgan fingerprint density at radius 1 is 0.429 bits per heavy atom. The first-order chi connectivity index (χ1) is 9.68. The first-order valence-electron chi connectivity index (χ1n) is 5.03. The van der Waals surface area contributed by atoms with Gasteiger partial charge in [0.1, 0.15) is 0 Å². The Morgan fingerprint density at radius 3 is 1.29 bits per heavy atom. The molecular formula is C12HBr9. The van der Waals surface area contributed by atoms with Crippen molar-refractivity contribution in [3.63, 3.8) is 0 Å². The van der Waals surface area contributed by atoms with Gasteiger partial charge in [-0.15, -0.1) is 0 Å². The van der Waals surface area contributed by atoms with E-state index in [4.69, 9.17) is 0 Å². The highest BCUT2D eigenvalue weighted by atomic mass is 79.9. The second-order valence-electron chi connectivity index (χ2n) is 3.79. The smallest absolute Gasteiger partial charge is 0.0482 e. The van der Waals surface area contributed by atoms with E-state index < -0.39 is 0 Å². The summed E-state index contributed by atoms with van der Waals surface area (Å²) in [6.07, 6.45) is 0. The van der Waals surface area contributed by atoms with Crippen molar-refractivity contribution >= 4 is 143 Å². The molecule has 0 aliphatic heterocycles. The van der Waals surface area contributed by atoms with Gasteiger partial charge >= 0.3 is 0 Å². The Bertz CT molecular complexity index is 722. The summed E-state index contributed by atoms with van der Waals surface area (Å²) < 4.78 is 8.54. The fraction of sp³-hybridized carbons (Fsp3) is 0. The Balaban J connectivity index is 2.93. The molecule has 112 valence electrons. The van der Waals surface area contributed by atoms with E-state index in [0.29, 0.717) is 0 Å². The lowest BCUT2D eigenvalue weighted by Crippen LogP contribution is -1.91. The van der Waals surface area contributed by atoms with Crippen molar-refractivity contribution in [1.29, 1.82) is 0 Å². The molecule has 0 aromatic heterocycles. The number of hydrogen-bond donors (Lipinski definition) is 0. The van der Waals surface area contributed by atoms with Gasteiger partial charge in [-0.3, -0.25) is 0 Å². The van der Waals surface area contributed by atoms with Crippen molar-refractivity contribution in [2.24, 2.45) is 0 Å². The van der Waals surface area contributed by atoms with E-state index in [9.17, 15) is 0 Å². The van der Waals surface area contributed by atoms with Gasteiger partial charge in [0.15, 0.2) is 0 Å². The minimum absolute atomic E-state index is 0.939. The molecule has 0 saturated heterocycles. The second kappa shape index (κ2) is 7.98. The molecule has 2 aromatic carbocycles. The van der Waals surface area contributed by atoms with Gasteiger partial charge in [-0.1, -0.05) is 0 Å². The molecule has 9 heteroatoms. The van der Waals surface area contributed by atoms with Gasteiger partial charge in [-0.05, 0) is 149 Å². The van der Waals surface area contributed by atoms with Gasteiger partial charge in [0.05, 0.1) is 0 Å². The molecule has 2 aromatic rings. The fourth-order valence-electron chi connectivity index (χ4n) is 1.60. The van der Waals surface area contributed by atoms with Crippen molar-refractivity contribution in [2.45, 2.75) is 0 Å². The summed E-state index contributed by atoms with van der Waals surface area (Å²) in [4.78, 5) is 0. The maximum Gasteiger partial charge on any atom is 0.0482 e. The zero-order chi connectivity index (χ0) is 16.1. The summed E-state index contributed by atoms with van der Waals surface area (Å²) in [6.45, 7) is 0. The highest BCUT2D eigenvalue weighted by Gasteiger charge is 2.22. The summed E-state index contributed by atoms with van der Waals surface area (Å²) >= 11 is 32.4. The molecule has 0 heterocycles. The molecule has 0 spiro atoms. The van der Waals surface area contributed by atoms with Crippen LogP contribution in [0.1, 0.15) is 0 Å². The first-order valence-corrected chi connectivity index (χ1v) is 12.2. The van der Waals surface area contributed by atoms with Gasteiger partial charge in [0, 0.05) is 51.4 Å². The molecule has 21 heavy (non-hydrogen) atoms. The molecule has 0 atom stereocenters. The summed E-state index contributed by atoms with van der Waals surface area (Å²) in [5.41, 5.74) is 2.06. The van der Waals surface area contributed by atoms with E-state index in [1.807, 2.05) is 0 Å². The third-order valence-electron chi connectivity index (χ3n) is 2.58. The molecule has 0 bridgehead atoms. The quantitative estimate of drug-likeness (QED) is 0.198. The third kappa shape index (κ3) is 3.81. The molecule has 0 N–H and O–H groups in total. The zero-order valence-corrected chi connectivity index (χ0v) is 23.8. The van der Waals surface area contributed by atoms with E-state index in [2.05, 4.69) is 149 Å². The number of benzene rings is 2. The molecule has 0 radical (unpaired) electrons. The van der Waals surface area contributed by atoms with Gasteiger partial charge in [-0.25, -0.2) is 0 Å². The van der Waals surface area contributed by atoms with Crippen LogP contribution < -0.4 is 0 Å². The van der Waals surface area contributed by atoms with Crippen LogP contribution in [0.15, 0.2) is 46.3 Å². The molecule has 2 rings (SSSR count). The van der Waals surface area contributed by atoms with Gasteiger partial charge in [0.2, 0.25) is 0 Å². The minimum Gasteiger partial charge on any atom is -0.0495 e. The van der Waals surface area contributed by atoms with Crippen LogP contribution in [-0.2, 0) is 0 Å². The molecule has 0 unspecified atom stereocenters. The summed E-state index contributed by atoms with van der Waals surface area (Å²) in [6, 6.07) is 2.05. The van der Waals surface area contributed by atoms with Gasteiger partial charge in [0.25, 0.3) is 0 Å². The molecule has 0 saturated carbocycles. The van der Waals surface area contributed by atoms with Crippen molar-refractivity contribution in [2.75, 3.05) is 0 Å². The lowest BCUT2D eigenvalue weighted by Gasteiger charge is -2.17.